The van der Waals surface area contributed by atoms with E-state index in [2.05, 4.69) is 15.6 Å². The quantitative estimate of drug-likeness (QED) is 0.886. The zero-order valence-corrected chi connectivity index (χ0v) is 13.1. The smallest absolute Gasteiger partial charge is 0.297 e. The molecule has 2 heterocycles. The largest absolute Gasteiger partial charge is 0.423 e. The second-order valence-corrected chi connectivity index (χ2v) is 6.02. The Morgan fingerprint density at radius 2 is 2.36 bits per heavy atom. The average Bonchev–Trinajstić information content (AvgIpc) is 3.14. The van der Waals surface area contributed by atoms with E-state index in [0.29, 0.717) is 18.4 Å². The normalized spacial score (nSPS) is 17.8. The number of oxazole rings is 1. The molecule has 1 fully saturated rings. The van der Waals surface area contributed by atoms with Crippen LogP contribution in [0.2, 0.25) is 0 Å². The summed E-state index contributed by atoms with van der Waals surface area (Å²) in [6, 6.07) is 6.10. The van der Waals surface area contributed by atoms with Gasteiger partial charge in [0.25, 0.3) is 6.01 Å². The van der Waals surface area contributed by atoms with E-state index >= 15 is 0 Å². The third kappa shape index (κ3) is 3.39. The summed E-state index contributed by atoms with van der Waals surface area (Å²) in [4.78, 5) is 18.2. The van der Waals surface area contributed by atoms with Crippen molar-refractivity contribution in [2.75, 3.05) is 37.4 Å². The molecule has 118 valence electrons. The van der Waals surface area contributed by atoms with Gasteiger partial charge in [-0.05, 0) is 50.0 Å². The van der Waals surface area contributed by atoms with Gasteiger partial charge < -0.3 is 20.0 Å². The molecule has 6 nitrogen and oxygen atoms in total. The van der Waals surface area contributed by atoms with Crippen molar-refractivity contribution in [1.82, 2.24) is 10.3 Å². The molecule has 1 aliphatic rings. The second kappa shape index (κ2) is 6.36. The van der Waals surface area contributed by atoms with Crippen molar-refractivity contribution in [2.45, 2.75) is 19.3 Å². The number of fused-ring (bicyclic) bond motifs is 1. The molecule has 3 rings (SSSR count). The number of benzene rings is 1. The molecular formula is C16H22N4O2. The van der Waals surface area contributed by atoms with Gasteiger partial charge in [0.2, 0.25) is 5.91 Å². The zero-order valence-electron chi connectivity index (χ0n) is 13.1. The molecule has 2 aromatic rings. The third-order valence-electron chi connectivity index (χ3n) is 3.98. The number of carbonyl (C=O) groups is 1. The van der Waals surface area contributed by atoms with E-state index < -0.39 is 0 Å². The molecule has 22 heavy (non-hydrogen) atoms. The van der Waals surface area contributed by atoms with Crippen molar-refractivity contribution in [3.05, 3.63) is 18.2 Å². The number of aromatic nitrogens is 1. The maximum absolute atomic E-state index is 12.0. The summed E-state index contributed by atoms with van der Waals surface area (Å²) in [5.41, 5.74) is 2.24. The molecule has 0 saturated carbocycles. The van der Waals surface area contributed by atoms with Crippen molar-refractivity contribution in [3.8, 4) is 0 Å². The number of nitrogens with one attached hydrogen (secondary N) is 2. The van der Waals surface area contributed by atoms with Crippen LogP contribution in [0, 0.1) is 5.92 Å². The molecule has 1 aliphatic heterocycles. The first kappa shape index (κ1) is 14.8. The predicted molar refractivity (Wildman–Crippen MR) is 87.2 cm³/mol. The number of amides is 1. The van der Waals surface area contributed by atoms with Gasteiger partial charge in [0.1, 0.15) is 5.52 Å². The molecular weight excluding hydrogens is 280 g/mol. The molecule has 1 saturated heterocycles. The fourth-order valence-corrected chi connectivity index (χ4v) is 2.70. The number of nitrogens with zero attached hydrogens (tertiary/aromatic N) is 2. The number of rotatable bonds is 5. The van der Waals surface area contributed by atoms with Gasteiger partial charge in [0.15, 0.2) is 5.58 Å². The van der Waals surface area contributed by atoms with Gasteiger partial charge in [-0.15, -0.1) is 0 Å². The summed E-state index contributed by atoms with van der Waals surface area (Å²) in [6.45, 7) is 2.11. The van der Waals surface area contributed by atoms with Crippen molar-refractivity contribution in [3.63, 3.8) is 0 Å². The summed E-state index contributed by atoms with van der Waals surface area (Å²) in [5.74, 6) is 0.689. The maximum atomic E-state index is 12.0. The minimum atomic E-state index is 0.0579. The number of hydrogen-bond acceptors (Lipinski definition) is 5. The molecule has 6 heteroatoms. The SMILES string of the molecule is CN(C)c1nc2cc(NC(=O)CCC3CCNC3)ccc2o1. The topological polar surface area (TPSA) is 70.4 Å². The van der Waals surface area contributed by atoms with E-state index in [-0.39, 0.29) is 5.91 Å². The van der Waals surface area contributed by atoms with Crippen molar-refractivity contribution < 1.29 is 9.21 Å². The lowest BCUT2D eigenvalue weighted by atomic mass is 10.0. The first-order valence-electron chi connectivity index (χ1n) is 7.70. The predicted octanol–water partition coefficient (Wildman–Crippen LogP) is 2.22. The Hall–Kier alpha value is -2.08. The van der Waals surface area contributed by atoms with Crippen LogP contribution in [-0.2, 0) is 4.79 Å². The highest BCUT2D eigenvalue weighted by Gasteiger charge is 2.16. The third-order valence-corrected chi connectivity index (χ3v) is 3.98. The van der Waals surface area contributed by atoms with Gasteiger partial charge in [-0.1, -0.05) is 0 Å². The highest BCUT2D eigenvalue weighted by molar-refractivity contribution is 5.92. The molecule has 1 aromatic carbocycles. The van der Waals surface area contributed by atoms with E-state index in [0.717, 1.165) is 36.3 Å². The van der Waals surface area contributed by atoms with Crippen LogP contribution in [0.5, 0.6) is 0 Å². The molecule has 1 unspecified atom stereocenters. The Morgan fingerprint density at radius 1 is 1.50 bits per heavy atom. The molecule has 1 amide bonds. The van der Waals surface area contributed by atoms with Crippen LogP contribution in [-0.4, -0.2) is 38.1 Å². The molecule has 1 aromatic heterocycles. The molecule has 0 aliphatic carbocycles. The number of carbonyl (C=O) groups excluding carboxylic acids is 1. The van der Waals surface area contributed by atoms with E-state index in [4.69, 9.17) is 4.42 Å². The Balaban J connectivity index is 1.61. The van der Waals surface area contributed by atoms with Gasteiger partial charge in [0, 0.05) is 26.2 Å². The summed E-state index contributed by atoms with van der Waals surface area (Å²) in [7, 11) is 3.76. The summed E-state index contributed by atoms with van der Waals surface area (Å²) in [5, 5.41) is 6.26. The van der Waals surface area contributed by atoms with Gasteiger partial charge in [-0.25, -0.2) is 0 Å². The fourth-order valence-electron chi connectivity index (χ4n) is 2.70. The van der Waals surface area contributed by atoms with Gasteiger partial charge in [-0.2, -0.15) is 4.98 Å². The standard InChI is InChI=1S/C16H22N4O2/c1-20(2)16-19-13-9-12(4-5-14(13)22-16)18-15(21)6-3-11-7-8-17-10-11/h4-5,9,11,17H,3,6-8,10H2,1-2H3,(H,18,21). The Bertz CT molecular complexity index is 659. The number of anilines is 2. The van der Waals surface area contributed by atoms with Crippen molar-refractivity contribution >= 4 is 28.7 Å². The summed E-state index contributed by atoms with van der Waals surface area (Å²) >= 11 is 0. The Kier molecular flexibility index (Phi) is 4.29. The van der Waals surface area contributed by atoms with Crippen molar-refractivity contribution in [1.29, 1.82) is 0 Å². The average molecular weight is 302 g/mol. The van der Waals surface area contributed by atoms with Crippen LogP contribution in [0.15, 0.2) is 22.6 Å². The van der Waals surface area contributed by atoms with E-state index in [9.17, 15) is 4.79 Å². The molecule has 2 N–H and O–H groups in total. The van der Waals surface area contributed by atoms with Gasteiger partial charge >= 0.3 is 0 Å². The van der Waals surface area contributed by atoms with Crippen LogP contribution >= 0.6 is 0 Å². The van der Waals surface area contributed by atoms with E-state index in [1.54, 1.807) is 0 Å². The lowest BCUT2D eigenvalue weighted by molar-refractivity contribution is -0.116. The highest BCUT2D eigenvalue weighted by Crippen LogP contribution is 2.24. The summed E-state index contributed by atoms with van der Waals surface area (Å²) < 4.78 is 5.60. The second-order valence-electron chi connectivity index (χ2n) is 6.02. The Morgan fingerprint density at radius 3 is 3.09 bits per heavy atom. The lowest BCUT2D eigenvalue weighted by Crippen LogP contribution is -2.14. The van der Waals surface area contributed by atoms with Crippen molar-refractivity contribution in [2.24, 2.45) is 5.92 Å². The van der Waals surface area contributed by atoms with Gasteiger partial charge in [0.05, 0.1) is 0 Å². The zero-order chi connectivity index (χ0) is 15.5. The fraction of sp³-hybridized carbons (Fsp3) is 0.500. The Labute approximate surface area is 129 Å². The molecule has 0 spiro atoms. The van der Waals surface area contributed by atoms with Crippen LogP contribution in [0.4, 0.5) is 11.7 Å². The highest BCUT2D eigenvalue weighted by atomic mass is 16.4. The molecule has 1 atom stereocenters. The first-order valence-corrected chi connectivity index (χ1v) is 7.70. The monoisotopic (exact) mass is 302 g/mol. The summed E-state index contributed by atoms with van der Waals surface area (Å²) in [6.07, 6.45) is 2.67. The van der Waals surface area contributed by atoms with E-state index in [1.807, 2.05) is 37.2 Å². The number of hydrogen-bond donors (Lipinski definition) is 2. The molecule has 0 radical (unpaired) electrons. The first-order chi connectivity index (χ1) is 10.6. The molecule has 0 bridgehead atoms. The van der Waals surface area contributed by atoms with Crippen LogP contribution in [0.3, 0.4) is 0 Å². The van der Waals surface area contributed by atoms with Crippen LogP contribution < -0.4 is 15.5 Å². The maximum Gasteiger partial charge on any atom is 0.297 e. The van der Waals surface area contributed by atoms with Crippen LogP contribution in [0.1, 0.15) is 19.3 Å². The van der Waals surface area contributed by atoms with Crippen LogP contribution in [0.25, 0.3) is 11.1 Å². The van der Waals surface area contributed by atoms with E-state index in [1.165, 1.54) is 6.42 Å². The minimum absolute atomic E-state index is 0.0579. The van der Waals surface area contributed by atoms with Gasteiger partial charge in [-0.3, -0.25) is 4.79 Å². The minimum Gasteiger partial charge on any atom is -0.423 e. The lowest BCUT2D eigenvalue weighted by Gasteiger charge is -2.08.